The highest BCUT2D eigenvalue weighted by Gasteiger charge is 2.13. The fourth-order valence-electron chi connectivity index (χ4n) is 2.59. The van der Waals surface area contributed by atoms with Crippen LogP contribution in [0.4, 0.5) is 0 Å². The maximum Gasteiger partial charge on any atom is 0.230 e. The number of carbonyl (C=O) groups excluding carboxylic acids is 1. The van der Waals surface area contributed by atoms with Crippen LogP contribution in [-0.2, 0) is 11.4 Å². The molecular formula is C21H25N5O4S. The van der Waals surface area contributed by atoms with Gasteiger partial charge >= 0.3 is 0 Å². The smallest absolute Gasteiger partial charge is 0.230 e. The Hall–Kier alpha value is -3.40. The summed E-state index contributed by atoms with van der Waals surface area (Å²) in [5.74, 6) is 8.59. The third-order valence-corrected chi connectivity index (χ3v) is 5.10. The molecule has 1 aromatic heterocycles. The number of thioether (sulfide) groups is 1. The Morgan fingerprint density at radius 3 is 2.61 bits per heavy atom. The molecule has 1 heterocycles. The number of aryl methyl sites for hydroxylation is 1. The minimum atomic E-state index is -0.143. The van der Waals surface area contributed by atoms with E-state index in [1.165, 1.54) is 16.4 Å². The predicted octanol–water partition coefficient (Wildman–Crippen LogP) is 2.18. The van der Waals surface area contributed by atoms with E-state index in [2.05, 4.69) is 15.5 Å². The van der Waals surface area contributed by atoms with Gasteiger partial charge in [-0.25, -0.2) is 4.68 Å². The molecule has 0 unspecified atom stereocenters. The number of nitrogens with zero attached hydrogens (tertiary/aromatic N) is 3. The highest BCUT2D eigenvalue weighted by atomic mass is 32.2. The summed E-state index contributed by atoms with van der Waals surface area (Å²) < 4.78 is 17.8. The van der Waals surface area contributed by atoms with Gasteiger partial charge in [0, 0.05) is 6.07 Å². The van der Waals surface area contributed by atoms with E-state index >= 15 is 0 Å². The van der Waals surface area contributed by atoms with Crippen LogP contribution < -0.4 is 25.4 Å². The van der Waals surface area contributed by atoms with E-state index in [1.54, 1.807) is 13.2 Å². The van der Waals surface area contributed by atoms with Crippen LogP contribution in [-0.4, -0.2) is 46.8 Å². The van der Waals surface area contributed by atoms with Crippen molar-refractivity contribution in [1.29, 1.82) is 0 Å². The molecule has 10 heteroatoms. The Morgan fingerprint density at radius 1 is 1.10 bits per heavy atom. The molecule has 3 rings (SSSR count). The number of hydrogen-bond acceptors (Lipinski definition) is 8. The second kappa shape index (κ2) is 11.1. The minimum Gasteiger partial charge on any atom is -0.497 e. The summed E-state index contributed by atoms with van der Waals surface area (Å²) in [6.45, 7) is 2.93. The molecule has 3 aromatic rings. The number of nitrogens with two attached hydrogens (primary N) is 1. The van der Waals surface area contributed by atoms with Crippen LogP contribution in [0.1, 0.15) is 11.4 Å². The predicted molar refractivity (Wildman–Crippen MR) is 118 cm³/mol. The first-order chi connectivity index (χ1) is 15.0. The van der Waals surface area contributed by atoms with Crippen molar-refractivity contribution in [2.45, 2.75) is 18.7 Å². The van der Waals surface area contributed by atoms with Gasteiger partial charge in [-0.3, -0.25) is 4.79 Å². The van der Waals surface area contributed by atoms with Gasteiger partial charge in [0.2, 0.25) is 11.1 Å². The van der Waals surface area contributed by atoms with Crippen molar-refractivity contribution in [3.05, 3.63) is 59.9 Å². The lowest BCUT2D eigenvalue weighted by Gasteiger charge is -2.09. The van der Waals surface area contributed by atoms with Crippen LogP contribution in [0, 0.1) is 6.92 Å². The van der Waals surface area contributed by atoms with Gasteiger partial charge in [-0.15, -0.1) is 10.2 Å². The van der Waals surface area contributed by atoms with Gasteiger partial charge in [-0.05, 0) is 36.8 Å². The fraction of sp³-hybridized carbons (Fsp3) is 0.286. The topological polar surface area (TPSA) is 114 Å². The van der Waals surface area contributed by atoms with E-state index < -0.39 is 0 Å². The molecule has 0 aliphatic rings. The van der Waals surface area contributed by atoms with Crippen LogP contribution >= 0.6 is 11.8 Å². The van der Waals surface area contributed by atoms with Gasteiger partial charge in [0.1, 0.15) is 30.5 Å². The van der Waals surface area contributed by atoms with E-state index in [0.29, 0.717) is 35.6 Å². The molecule has 2 aromatic carbocycles. The van der Waals surface area contributed by atoms with Gasteiger partial charge in [-0.1, -0.05) is 30.0 Å². The van der Waals surface area contributed by atoms with Crippen molar-refractivity contribution in [3.63, 3.8) is 0 Å². The summed E-state index contributed by atoms with van der Waals surface area (Å²) in [4.78, 5) is 12.0. The van der Waals surface area contributed by atoms with Crippen LogP contribution in [0.15, 0.2) is 53.7 Å². The molecule has 0 radical (unpaired) electrons. The number of rotatable bonds is 11. The lowest BCUT2D eigenvalue weighted by Crippen LogP contribution is -2.29. The second-order valence-electron chi connectivity index (χ2n) is 6.54. The molecule has 31 heavy (non-hydrogen) atoms. The van der Waals surface area contributed by atoms with Gasteiger partial charge in [-0.2, -0.15) is 0 Å². The molecule has 0 saturated heterocycles. The van der Waals surface area contributed by atoms with Crippen LogP contribution in [0.2, 0.25) is 0 Å². The monoisotopic (exact) mass is 443 g/mol. The number of aromatic nitrogens is 3. The van der Waals surface area contributed by atoms with Crippen LogP contribution in [0.25, 0.3) is 0 Å². The van der Waals surface area contributed by atoms with Crippen molar-refractivity contribution in [2.24, 2.45) is 0 Å². The first-order valence-corrected chi connectivity index (χ1v) is 10.6. The lowest BCUT2D eigenvalue weighted by atomic mass is 10.2. The van der Waals surface area contributed by atoms with Crippen molar-refractivity contribution < 1.29 is 19.0 Å². The Balaban J connectivity index is 1.39. The summed E-state index contributed by atoms with van der Waals surface area (Å²) in [5, 5.41) is 11.3. The average Bonchev–Trinajstić information content (AvgIpc) is 3.13. The summed E-state index contributed by atoms with van der Waals surface area (Å²) >= 11 is 1.20. The molecule has 0 atom stereocenters. The van der Waals surface area contributed by atoms with E-state index in [0.717, 1.165) is 11.3 Å². The fourth-order valence-corrected chi connectivity index (χ4v) is 3.29. The number of amides is 1. The molecule has 1 amide bonds. The third-order valence-electron chi connectivity index (χ3n) is 4.16. The molecule has 3 N–H and O–H groups in total. The van der Waals surface area contributed by atoms with E-state index in [1.807, 2.05) is 49.4 Å². The maximum absolute atomic E-state index is 12.0. The Labute approximate surface area is 184 Å². The Kier molecular flexibility index (Phi) is 7.99. The highest BCUT2D eigenvalue weighted by molar-refractivity contribution is 7.99. The number of methoxy groups -OCH3 is 1. The largest absolute Gasteiger partial charge is 0.497 e. The van der Waals surface area contributed by atoms with Gasteiger partial charge in [0.25, 0.3) is 0 Å². The Morgan fingerprint density at radius 2 is 1.84 bits per heavy atom. The number of benzene rings is 2. The van der Waals surface area contributed by atoms with Crippen molar-refractivity contribution in [2.75, 3.05) is 31.9 Å². The third kappa shape index (κ3) is 6.82. The standard InChI is InChI=1S/C21H25N5O4S/c1-15-5-3-7-17(11-15)29-10-9-23-20(27)14-31-21-25-24-19(26(21)22)13-30-18-8-4-6-16(12-18)28-2/h3-8,11-12H,9-10,13-14,22H2,1-2H3,(H,23,27). The Bertz CT molecular complexity index is 1010. The zero-order valence-electron chi connectivity index (χ0n) is 17.4. The number of carbonyl (C=O) groups is 1. The van der Waals surface area contributed by atoms with Gasteiger partial charge in [0.05, 0.1) is 19.4 Å². The number of ether oxygens (including phenoxy) is 3. The van der Waals surface area contributed by atoms with E-state index in [4.69, 9.17) is 20.1 Å². The minimum absolute atomic E-state index is 0.139. The average molecular weight is 444 g/mol. The molecule has 0 saturated carbocycles. The van der Waals surface area contributed by atoms with E-state index in [9.17, 15) is 4.79 Å². The van der Waals surface area contributed by atoms with Gasteiger partial charge < -0.3 is 25.4 Å². The highest BCUT2D eigenvalue weighted by Crippen LogP contribution is 2.20. The zero-order valence-corrected chi connectivity index (χ0v) is 18.2. The normalized spacial score (nSPS) is 10.5. The van der Waals surface area contributed by atoms with Gasteiger partial charge in [0.15, 0.2) is 5.82 Å². The zero-order chi connectivity index (χ0) is 22.1. The van der Waals surface area contributed by atoms with E-state index in [-0.39, 0.29) is 18.3 Å². The molecular weight excluding hydrogens is 418 g/mol. The van der Waals surface area contributed by atoms with Crippen LogP contribution in [0.5, 0.6) is 17.2 Å². The second-order valence-corrected chi connectivity index (χ2v) is 7.48. The summed E-state index contributed by atoms with van der Waals surface area (Å²) in [6, 6.07) is 15.0. The quantitative estimate of drug-likeness (QED) is 0.263. The first-order valence-electron chi connectivity index (χ1n) is 9.60. The van der Waals surface area contributed by atoms with Crippen molar-refractivity contribution in [3.8, 4) is 17.2 Å². The molecule has 0 bridgehead atoms. The molecule has 0 aliphatic carbocycles. The molecule has 0 aliphatic heterocycles. The first kappa shape index (κ1) is 22.3. The molecule has 9 nitrogen and oxygen atoms in total. The number of nitrogen functional groups attached to an aromatic ring is 1. The summed E-state index contributed by atoms with van der Waals surface area (Å²) in [5.41, 5.74) is 1.12. The molecule has 0 spiro atoms. The number of hydrogen-bond donors (Lipinski definition) is 2. The molecule has 164 valence electrons. The van der Waals surface area contributed by atoms with Crippen molar-refractivity contribution >= 4 is 17.7 Å². The van der Waals surface area contributed by atoms with Crippen LogP contribution in [0.3, 0.4) is 0 Å². The SMILES string of the molecule is COc1cccc(OCc2nnc(SCC(=O)NCCOc3cccc(C)c3)n2N)c1. The molecule has 0 fully saturated rings. The summed E-state index contributed by atoms with van der Waals surface area (Å²) in [6.07, 6.45) is 0. The lowest BCUT2D eigenvalue weighted by molar-refractivity contribution is -0.118. The van der Waals surface area contributed by atoms with Crippen molar-refractivity contribution in [1.82, 2.24) is 20.2 Å². The maximum atomic E-state index is 12.0. The summed E-state index contributed by atoms with van der Waals surface area (Å²) in [7, 11) is 1.59. The number of nitrogens with one attached hydrogen (secondary N) is 1.